The van der Waals surface area contributed by atoms with Crippen LogP contribution in [0.3, 0.4) is 0 Å². The van der Waals surface area contributed by atoms with Crippen molar-refractivity contribution >= 4 is 29.5 Å². The molecule has 3 aromatic rings. The van der Waals surface area contributed by atoms with Crippen molar-refractivity contribution in [2.75, 3.05) is 18.8 Å². The van der Waals surface area contributed by atoms with Crippen LogP contribution in [0, 0.1) is 0 Å². The molecule has 1 amide bonds. The summed E-state index contributed by atoms with van der Waals surface area (Å²) in [6, 6.07) is 7.04. The monoisotopic (exact) mass is 429 g/mol. The number of nitrogens with two attached hydrogens (primary N) is 1. The smallest absolute Gasteiger partial charge is 0.292 e. The van der Waals surface area contributed by atoms with Gasteiger partial charge in [0.25, 0.3) is 5.91 Å². The lowest BCUT2D eigenvalue weighted by Gasteiger charge is -2.25. The lowest BCUT2D eigenvalue weighted by atomic mass is 10.1. The number of nitrogens with zero attached hydrogens (tertiary/aromatic N) is 7. The van der Waals surface area contributed by atoms with Gasteiger partial charge in [-0.1, -0.05) is 35.4 Å². The molecule has 1 saturated heterocycles. The molecule has 2 aromatic heterocycles. The van der Waals surface area contributed by atoms with Crippen molar-refractivity contribution in [1.29, 1.82) is 0 Å². The molecule has 0 atom stereocenters. The Bertz CT molecular complexity index is 1040. The molecule has 4 rings (SSSR count). The van der Waals surface area contributed by atoms with E-state index in [1.54, 1.807) is 24.3 Å². The summed E-state index contributed by atoms with van der Waals surface area (Å²) in [7, 11) is 0. The predicted octanol–water partition coefficient (Wildman–Crippen LogP) is 1.64. The Balaban J connectivity index is 1.58. The van der Waals surface area contributed by atoms with Gasteiger partial charge in [0, 0.05) is 11.6 Å². The number of hydrazone groups is 1. The number of hydrogen-bond acceptors (Lipinski definition) is 9. The fourth-order valence-corrected chi connectivity index (χ4v) is 3.36. The zero-order valence-corrected chi connectivity index (χ0v) is 16.8. The fourth-order valence-electron chi connectivity index (χ4n) is 3.23. The number of benzene rings is 1. The van der Waals surface area contributed by atoms with Crippen molar-refractivity contribution in [3.05, 3.63) is 46.2 Å². The molecule has 0 bridgehead atoms. The average molecular weight is 430 g/mol. The number of likely N-dealkylation sites (tertiary alicyclic amines) is 1. The largest absolute Gasteiger partial charge is 0.378 e. The molecule has 3 heterocycles. The molecule has 1 aliphatic heterocycles. The first kappa shape index (κ1) is 20.0. The zero-order valence-electron chi connectivity index (χ0n) is 16.0. The van der Waals surface area contributed by atoms with Crippen LogP contribution in [0.1, 0.15) is 41.0 Å². The van der Waals surface area contributed by atoms with E-state index in [1.165, 1.54) is 17.3 Å². The van der Waals surface area contributed by atoms with E-state index in [2.05, 4.69) is 40.7 Å². The minimum atomic E-state index is -0.500. The van der Waals surface area contributed by atoms with Gasteiger partial charge in [-0.2, -0.15) is 9.78 Å². The minimum Gasteiger partial charge on any atom is -0.378 e. The maximum Gasteiger partial charge on any atom is 0.292 e. The van der Waals surface area contributed by atoms with Crippen molar-refractivity contribution in [1.82, 2.24) is 35.6 Å². The van der Waals surface area contributed by atoms with Crippen molar-refractivity contribution in [2.24, 2.45) is 5.10 Å². The maximum absolute atomic E-state index is 13.0. The Morgan fingerprint density at radius 2 is 2.00 bits per heavy atom. The molecule has 0 radical (unpaired) electrons. The van der Waals surface area contributed by atoms with Gasteiger partial charge < -0.3 is 5.73 Å². The van der Waals surface area contributed by atoms with Gasteiger partial charge in [0.2, 0.25) is 11.6 Å². The highest BCUT2D eigenvalue weighted by atomic mass is 35.5. The summed E-state index contributed by atoms with van der Waals surface area (Å²) in [5.74, 6) is -0.401. The second-order valence-electron chi connectivity index (χ2n) is 6.86. The number of hydrogen-bond donors (Lipinski definition) is 2. The summed E-state index contributed by atoms with van der Waals surface area (Å²) in [5, 5.41) is 20.2. The molecule has 0 aliphatic carbocycles. The van der Waals surface area contributed by atoms with E-state index in [4.69, 9.17) is 17.3 Å². The molecule has 156 valence electrons. The summed E-state index contributed by atoms with van der Waals surface area (Å²) in [6.07, 6.45) is 4.94. The van der Waals surface area contributed by atoms with Gasteiger partial charge in [0.1, 0.15) is 5.69 Å². The van der Waals surface area contributed by atoms with Crippen LogP contribution in [0.25, 0.3) is 5.82 Å². The average Bonchev–Trinajstić information content (AvgIpc) is 3.36. The summed E-state index contributed by atoms with van der Waals surface area (Å²) >= 11 is 5.88. The first-order valence-electron chi connectivity index (χ1n) is 9.46. The quantitative estimate of drug-likeness (QED) is 0.445. The van der Waals surface area contributed by atoms with Crippen LogP contribution in [-0.4, -0.2) is 55.4 Å². The Morgan fingerprint density at radius 3 is 2.70 bits per heavy atom. The van der Waals surface area contributed by atoms with Gasteiger partial charge in [-0.15, -0.1) is 5.10 Å². The second-order valence-corrected chi connectivity index (χ2v) is 7.29. The highest BCUT2D eigenvalue weighted by molar-refractivity contribution is 6.30. The maximum atomic E-state index is 13.0. The fraction of sp³-hybridized carbons (Fsp3) is 0.333. The second kappa shape index (κ2) is 9.01. The third-order valence-electron chi connectivity index (χ3n) is 4.72. The molecule has 0 saturated carbocycles. The van der Waals surface area contributed by atoms with Crippen LogP contribution in [0.2, 0.25) is 5.02 Å². The van der Waals surface area contributed by atoms with E-state index in [1.807, 2.05) is 0 Å². The molecular formula is C18H20ClN9O2. The van der Waals surface area contributed by atoms with Crippen LogP contribution in [0.5, 0.6) is 0 Å². The highest BCUT2D eigenvalue weighted by Gasteiger charge is 2.26. The van der Waals surface area contributed by atoms with E-state index in [9.17, 15) is 4.79 Å². The van der Waals surface area contributed by atoms with Gasteiger partial charge in [-0.05, 0) is 53.9 Å². The topological polar surface area (TPSA) is 140 Å². The SMILES string of the molecule is Nc1nonc1-n1nnc(CN2CCCCC2)c1C(=O)N/N=C/c1ccc(Cl)cc1. The number of nitrogens with one attached hydrogen (secondary N) is 1. The molecule has 11 nitrogen and oxygen atoms in total. The van der Waals surface area contributed by atoms with Gasteiger partial charge in [0.05, 0.1) is 6.21 Å². The number of piperidine rings is 1. The zero-order chi connectivity index (χ0) is 20.9. The van der Waals surface area contributed by atoms with Gasteiger partial charge in [-0.25, -0.2) is 10.1 Å². The van der Waals surface area contributed by atoms with Crippen LogP contribution >= 0.6 is 11.6 Å². The number of amides is 1. The molecule has 30 heavy (non-hydrogen) atoms. The lowest BCUT2D eigenvalue weighted by Crippen LogP contribution is -2.31. The molecule has 12 heteroatoms. The Labute approximate surface area is 176 Å². The third kappa shape index (κ3) is 4.47. The summed E-state index contributed by atoms with van der Waals surface area (Å²) < 4.78 is 5.87. The van der Waals surface area contributed by atoms with Gasteiger partial charge in [0.15, 0.2) is 5.69 Å². The third-order valence-corrected chi connectivity index (χ3v) is 4.98. The molecule has 1 fully saturated rings. The standard InChI is InChI=1S/C18H20ClN9O2/c19-13-6-4-12(5-7-13)10-21-23-18(29)15-14(11-27-8-2-1-3-9-27)22-26-28(15)17-16(20)24-30-25-17/h4-7,10H,1-3,8-9,11H2,(H2,20,24)(H,23,29)/b21-10+. The summed E-state index contributed by atoms with van der Waals surface area (Å²) in [4.78, 5) is 15.2. The molecule has 0 spiro atoms. The molecule has 0 unspecified atom stereocenters. The van der Waals surface area contributed by atoms with Crippen LogP contribution in [0.15, 0.2) is 34.0 Å². The number of rotatable bonds is 6. The van der Waals surface area contributed by atoms with Crippen molar-refractivity contribution < 1.29 is 9.42 Å². The summed E-state index contributed by atoms with van der Waals surface area (Å²) in [5.41, 5.74) is 9.75. The molecule has 1 aromatic carbocycles. The van der Waals surface area contributed by atoms with Crippen molar-refractivity contribution in [3.63, 3.8) is 0 Å². The van der Waals surface area contributed by atoms with Gasteiger partial charge in [-0.3, -0.25) is 9.69 Å². The normalized spacial score (nSPS) is 15.0. The number of carbonyl (C=O) groups excluding carboxylic acids is 1. The molecule has 1 aliphatic rings. The van der Waals surface area contributed by atoms with Crippen molar-refractivity contribution in [3.8, 4) is 5.82 Å². The Hall–Kier alpha value is -3.31. The molecule has 3 N–H and O–H groups in total. The summed E-state index contributed by atoms with van der Waals surface area (Å²) in [6.45, 7) is 2.36. The minimum absolute atomic E-state index is 0.00291. The van der Waals surface area contributed by atoms with Crippen molar-refractivity contribution in [2.45, 2.75) is 25.8 Å². The van der Waals surface area contributed by atoms with Gasteiger partial charge >= 0.3 is 0 Å². The highest BCUT2D eigenvalue weighted by Crippen LogP contribution is 2.19. The van der Waals surface area contributed by atoms with Crippen LogP contribution in [0.4, 0.5) is 5.82 Å². The van der Waals surface area contributed by atoms with Crippen LogP contribution in [-0.2, 0) is 6.54 Å². The number of halogens is 1. The first-order valence-corrected chi connectivity index (χ1v) is 9.84. The van der Waals surface area contributed by atoms with E-state index in [0.717, 1.165) is 31.5 Å². The van der Waals surface area contributed by atoms with E-state index >= 15 is 0 Å². The predicted molar refractivity (Wildman–Crippen MR) is 109 cm³/mol. The lowest BCUT2D eigenvalue weighted by molar-refractivity contribution is 0.0944. The van der Waals surface area contributed by atoms with E-state index in [-0.39, 0.29) is 17.3 Å². The number of aromatic nitrogens is 5. The number of carbonyl (C=O) groups is 1. The Kier molecular flexibility index (Phi) is 6.00. The Morgan fingerprint density at radius 1 is 1.23 bits per heavy atom. The van der Waals surface area contributed by atoms with Crippen LogP contribution < -0.4 is 11.2 Å². The van der Waals surface area contributed by atoms with E-state index < -0.39 is 5.91 Å². The van der Waals surface area contributed by atoms with E-state index in [0.29, 0.717) is 17.3 Å². The molecular weight excluding hydrogens is 410 g/mol. The number of nitrogen functional groups attached to an aromatic ring is 1. The number of anilines is 1. The first-order chi connectivity index (χ1) is 14.6.